The Labute approximate surface area is 56.2 Å². The Morgan fingerprint density at radius 3 is 3.11 bits per heavy atom. The molecule has 1 aliphatic carbocycles. The van der Waals surface area contributed by atoms with Gasteiger partial charge in [0.15, 0.2) is 0 Å². The van der Waals surface area contributed by atoms with Gasteiger partial charge in [-0.15, -0.1) is 0 Å². The molecule has 0 aromatic carbocycles. The van der Waals surface area contributed by atoms with Gasteiger partial charge in [0, 0.05) is 6.42 Å². The maximum absolute atomic E-state index is 6.56. The predicted octanol–water partition coefficient (Wildman–Crippen LogP) is 2.41. The van der Waals surface area contributed by atoms with Gasteiger partial charge in [0.1, 0.15) is 0 Å². The largest absolute Gasteiger partial charge is 0.317 e. The van der Waals surface area contributed by atoms with Crippen molar-refractivity contribution in [1.29, 1.82) is 0 Å². The van der Waals surface area contributed by atoms with E-state index in [0.29, 0.717) is 6.54 Å². The van der Waals surface area contributed by atoms with E-state index in [1.807, 2.05) is 0 Å². The molecule has 0 atom stereocenters. The van der Waals surface area contributed by atoms with Gasteiger partial charge in [-0.3, -0.25) is 0 Å². The lowest BCUT2D eigenvalue weighted by Gasteiger charge is -1.90. The Balaban J connectivity index is 2.20. The highest BCUT2D eigenvalue weighted by molar-refractivity contribution is 5.08. The first kappa shape index (κ1) is 6.35. The lowest BCUT2D eigenvalue weighted by molar-refractivity contribution is 0.872. The molecular formula is C8H11N. The number of hydrogen-bond acceptors (Lipinski definition) is 0. The van der Waals surface area contributed by atoms with Gasteiger partial charge < -0.3 is 4.85 Å². The van der Waals surface area contributed by atoms with Crippen LogP contribution in [-0.4, -0.2) is 6.54 Å². The van der Waals surface area contributed by atoms with Crippen LogP contribution in [0.1, 0.15) is 25.7 Å². The van der Waals surface area contributed by atoms with E-state index in [-0.39, 0.29) is 0 Å². The van der Waals surface area contributed by atoms with Crippen molar-refractivity contribution in [3.05, 3.63) is 23.1 Å². The van der Waals surface area contributed by atoms with Crippen LogP contribution in [-0.2, 0) is 0 Å². The highest BCUT2D eigenvalue weighted by atomic mass is 14.6. The molecule has 0 fully saturated rings. The fourth-order valence-corrected chi connectivity index (χ4v) is 1.16. The molecule has 1 nitrogen and oxygen atoms in total. The highest BCUT2D eigenvalue weighted by Gasteiger charge is 2.03. The van der Waals surface area contributed by atoms with Crippen molar-refractivity contribution < 1.29 is 0 Å². The number of hydrogen-bond donors (Lipinski definition) is 0. The van der Waals surface area contributed by atoms with Crippen molar-refractivity contribution >= 4 is 0 Å². The van der Waals surface area contributed by atoms with Crippen molar-refractivity contribution in [2.75, 3.05) is 6.54 Å². The second kappa shape index (κ2) is 3.29. The zero-order valence-electron chi connectivity index (χ0n) is 5.56. The van der Waals surface area contributed by atoms with Crippen LogP contribution in [0.15, 0.2) is 11.6 Å². The molecule has 1 heteroatoms. The average molecular weight is 121 g/mol. The molecule has 0 amide bonds. The van der Waals surface area contributed by atoms with Crippen molar-refractivity contribution in [2.24, 2.45) is 0 Å². The van der Waals surface area contributed by atoms with Crippen molar-refractivity contribution in [3.8, 4) is 0 Å². The Morgan fingerprint density at radius 1 is 1.67 bits per heavy atom. The van der Waals surface area contributed by atoms with Crippen molar-refractivity contribution in [1.82, 2.24) is 0 Å². The summed E-state index contributed by atoms with van der Waals surface area (Å²) in [6, 6.07) is 0. The maximum Gasteiger partial charge on any atom is 0.218 e. The zero-order valence-corrected chi connectivity index (χ0v) is 5.56. The molecule has 0 bridgehead atoms. The average Bonchev–Trinajstić information content (AvgIpc) is 2.34. The van der Waals surface area contributed by atoms with Crippen LogP contribution in [0.3, 0.4) is 0 Å². The first-order chi connectivity index (χ1) is 4.43. The van der Waals surface area contributed by atoms with Crippen LogP contribution in [0, 0.1) is 6.57 Å². The van der Waals surface area contributed by atoms with E-state index >= 15 is 0 Å². The molecule has 9 heavy (non-hydrogen) atoms. The van der Waals surface area contributed by atoms with Crippen LogP contribution in [0.2, 0.25) is 0 Å². The lowest BCUT2D eigenvalue weighted by Crippen LogP contribution is -1.80. The van der Waals surface area contributed by atoms with E-state index in [9.17, 15) is 0 Å². The number of nitrogens with zero attached hydrogens (tertiary/aromatic N) is 1. The quantitative estimate of drug-likeness (QED) is 0.390. The Hall–Kier alpha value is -0.770. The Morgan fingerprint density at radius 2 is 2.56 bits per heavy atom. The highest BCUT2D eigenvalue weighted by Crippen LogP contribution is 2.19. The van der Waals surface area contributed by atoms with Gasteiger partial charge in [0.2, 0.25) is 6.54 Å². The second-order valence-electron chi connectivity index (χ2n) is 2.39. The monoisotopic (exact) mass is 121 g/mol. The summed E-state index contributed by atoms with van der Waals surface area (Å²) in [6.07, 6.45) is 7.10. The molecule has 1 rings (SSSR count). The molecule has 0 N–H and O–H groups in total. The van der Waals surface area contributed by atoms with Gasteiger partial charge >= 0.3 is 0 Å². The van der Waals surface area contributed by atoms with E-state index in [1.165, 1.54) is 24.8 Å². The second-order valence-corrected chi connectivity index (χ2v) is 2.39. The van der Waals surface area contributed by atoms with Crippen LogP contribution in [0.5, 0.6) is 0 Å². The molecule has 48 valence electrons. The molecule has 0 unspecified atom stereocenters. The van der Waals surface area contributed by atoms with Gasteiger partial charge in [-0.1, -0.05) is 11.6 Å². The van der Waals surface area contributed by atoms with E-state index < -0.39 is 0 Å². The third kappa shape index (κ3) is 1.89. The zero-order chi connectivity index (χ0) is 6.53. The summed E-state index contributed by atoms with van der Waals surface area (Å²) >= 11 is 0. The van der Waals surface area contributed by atoms with Gasteiger partial charge in [-0.25, -0.2) is 6.57 Å². The summed E-state index contributed by atoms with van der Waals surface area (Å²) in [4.78, 5) is 3.31. The summed E-state index contributed by atoms with van der Waals surface area (Å²) in [5.74, 6) is 0. The van der Waals surface area contributed by atoms with E-state index in [0.717, 1.165) is 6.42 Å². The van der Waals surface area contributed by atoms with Crippen LogP contribution >= 0.6 is 0 Å². The smallest absolute Gasteiger partial charge is 0.218 e. The first-order valence-electron chi connectivity index (χ1n) is 3.44. The topological polar surface area (TPSA) is 4.36 Å². The lowest BCUT2D eigenvalue weighted by atomic mass is 10.2. The summed E-state index contributed by atoms with van der Waals surface area (Å²) in [5.41, 5.74) is 1.51. The van der Waals surface area contributed by atoms with E-state index in [1.54, 1.807) is 0 Å². The third-order valence-corrected chi connectivity index (χ3v) is 1.68. The van der Waals surface area contributed by atoms with Crippen molar-refractivity contribution in [3.63, 3.8) is 0 Å². The maximum atomic E-state index is 6.56. The summed E-state index contributed by atoms with van der Waals surface area (Å²) in [7, 11) is 0. The van der Waals surface area contributed by atoms with Gasteiger partial charge in [0.25, 0.3) is 0 Å². The minimum Gasteiger partial charge on any atom is -0.317 e. The van der Waals surface area contributed by atoms with E-state index in [2.05, 4.69) is 10.9 Å². The van der Waals surface area contributed by atoms with Crippen LogP contribution in [0.25, 0.3) is 4.85 Å². The molecule has 1 aliphatic rings. The van der Waals surface area contributed by atoms with E-state index in [4.69, 9.17) is 6.57 Å². The van der Waals surface area contributed by atoms with Gasteiger partial charge in [0.05, 0.1) is 0 Å². The Bertz CT molecular complexity index is 150. The first-order valence-corrected chi connectivity index (χ1v) is 3.44. The number of allylic oxidation sites excluding steroid dienone is 1. The molecule has 0 radical (unpaired) electrons. The van der Waals surface area contributed by atoms with Crippen LogP contribution < -0.4 is 0 Å². The fraction of sp³-hybridized carbons (Fsp3) is 0.625. The van der Waals surface area contributed by atoms with Crippen molar-refractivity contribution in [2.45, 2.75) is 25.7 Å². The molecular weight excluding hydrogens is 110 g/mol. The van der Waals surface area contributed by atoms with Crippen LogP contribution in [0.4, 0.5) is 0 Å². The number of rotatable bonds is 2. The molecule has 0 heterocycles. The SMILES string of the molecule is [C-]#[N+]CCC1=CCCC1. The molecule has 0 saturated carbocycles. The molecule has 0 aromatic rings. The summed E-state index contributed by atoms with van der Waals surface area (Å²) < 4.78 is 0. The molecule has 0 spiro atoms. The standard InChI is InChI=1S/C8H11N/c1-9-7-6-8-4-2-3-5-8/h4H,2-3,5-7H2. The molecule has 0 saturated heterocycles. The third-order valence-electron chi connectivity index (χ3n) is 1.68. The predicted molar refractivity (Wildman–Crippen MR) is 38.0 cm³/mol. The van der Waals surface area contributed by atoms with Gasteiger partial charge in [-0.05, 0) is 19.3 Å². The minimum absolute atomic E-state index is 0.686. The molecule has 0 aromatic heterocycles. The van der Waals surface area contributed by atoms with Gasteiger partial charge in [-0.2, -0.15) is 0 Å². The molecule has 0 aliphatic heterocycles. The normalized spacial score (nSPS) is 17.0. The summed E-state index contributed by atoms with van der Waals surface area (Å²) in [5, 5.41) is 0. The minimum atomic E-state index is 0.686. The summed E-state index contributed by atoms with van der Waals surface area (Å²) in [6.45, 7) is 7.25. The fourth-order valence-electron chi connectivity index (χ4n) is 1.16. The Kier molecular flexibility index (Phi) is 2.32.